The van der Waals surface area contributed by atoms with E-state index in [0.29, 0.717) is 5.92 Å². The third-order valence-corrected chi connectivity index (χ3v) is 3.77. The van der Waals surface area contributed by atoms with Gasteiger partial charge in [0.2, 0.25) is 0 Å². The number of hydrogen-bond donors (Lipinski definition) is 0. The zero-order valence-corrected chi connectivity index (χ0v) is 12.5. The Bertz CT molecular complexity index is 569. The maximum atomic E-state index is 12.9. The third kappa shape index (κ3) is 2.98. The van der Waals surface area contributed by atoms with E-state index in [4.69, 9.17) is 0 Å². The number of benzene rings is 2. The minimum atomic E-state index is -0.0453. The number of rotatable bonds is 5. The van der Waals surface area contributed by atoms with Crippen LogP contribution in [-0.2, 0) is 0 Å². The molecule has 0 radical (unpaired) electrons. The second kappa shape index (κ2) is 6.51. The van der Waals surface area contributed by atoms with E-state index in [9.17, 15) is 4.79 Å². The van der Waals surface area contributed by atoms with Gasteiger partial charge in [-0.05, 0) is 23.5 Å². The van der Waals surface area contributed by atoms with Crippen LogP contribution in [-0.4, -0.2) is 5.78 Å². The van der Waals surface area contributed by atoms with Gasteiger partial charge in [-0.15, -0.1) is 0 Å². The van der Waals surface area contributed by atoms with E-state index < -0.39 is 0 Å². The van der Waals surface area contributed by atoms with Crippen molar-refractivity contribution in [3.8, 4) is 0 Å². The van der Waals surface area contributed by atoms with E-state index in [2.05, 4.69) is 26.8 Å². The Kier molecular flexibility index (Phi) is 4.73. The number of ketones is 1. The molecule has 2 aromatic rings. The quantitative estimate of drug-likeness (QED) is 0.681. The average Bonchev–Trinajstić information content (AvgIpc) is 2.49. The lowest BCUT2D eigenvalue weighted by molar-refractivity contribution is 0.0956. The summed E-state index contributed by atoms with van der Waals surface area (Å²) in [5.41, 5.74) is 3.13. The van der Waals surface area contributed by atoms with Gasteiger partial charge in [-0.1, -0.05) is 75.4 Å². The Hall–Kier alpha value is -1.89. The van der Waals surface area contributed by atoms with Crippen LogP contribution in [0.15, 0.2) is 54.6 Å². The first kappa shape index (κ1) is 14.5. The Morgan fingerprint density at radius 1 is 0.950 bits per heavy atom. The molecule has 0 aliphatic carbocycles. The fraction of sp³-hybridized carbons (Fsp3) is 0.316. The molecule has 0 amide bonds. The lowest BCUT2D eigenvalue weighted by Gasteiger charge is -2.18. The predicted octanol–water partition coefficient (Wildman–Crippen LogP) is 5.19. The molecule has 2 rings (SSSR count). The molecule has 0 heterocycles. The first-order chi connectivity index (χ1) is 9.65. The molecule has 0 aromatic heterocycles. The molecule has 0 saturated heterocycles. The molecule has 0 bridgehead atoms. The molecule has 1 nitrogen and oxygen atoms in total. The molecule has 0 fully saturated rings. The standard InChI is InChI=1S/C19H22O/c1-4-16(15-10-6-5-7-11-15)19(20)18-13-9-8-12-17(18)14(2)3/h5-14,16H,4H2,1-3H3. The van der Waals surface area contributed by atoms with Gasteiger partial charge in [-0.3, -0.25) is 4.79 Å². The second-order valence-electron chi connectivity index (χ2n) is 5.48. The molecule has 0 aliphatic heterocycles. The zero-order chi connectivity index (χ0) is 14.5. The maximum Gasteiger partial charge on any atom is 0.170 e. The molecular weight excluding hydrogens is 244 g/mol. The van der Waals surface area contributed by atoms with Crippen molar-refractivity contribution in [2.45, 2.75) is 39.0 Å². The van der Waals surface area contributed by atoms with Gasteiger partial charge < -0.3 is 0 Å². The monoisotopic (exact) mass is 266 g/mol. The lowest BCUT2D eigenvalue weighted by Crippen LogP contribution is -2.14. The number of carbonyl (C=O) groups excluding carboxylic acids is 1. The summed E-state index contributed by atoms with van der Waals surface area (Å²) >= 11 is 0. The van der Waals surface area contributed by atoms with Crippen molar-refractivity contribution in [1.29, 1.82) is 0 Å². The smallest absolute Gasteiger partial charge is 0.170 e. The summed E-state index contributed by atoms with van der Waals surface area (Å²) in [5.74, 6) is 0.558. The Morgan fingerprint density at radius 2 is 1.55 bits per heavy atom. The molecule has 104 valence electrons. The van der Waals surface area contributed by atoms with Crippen molar-refractivity contribution < 1.29 is 4.79 Å². The summed E-state index contributed by atoms with van der Waals surface area (Å²) in [4.78, 5) is 12.9. The Morgan fingerprint density at radius 3 is 2.15 bits per heavy atom. The van der Waals surface area contributed by atoms with Gasteiger partial charge in [0.25, 0.3) is 0 Å². The Labute approximate surface area is 121 Å². The van der Waals surface area contributed by atoms with Crippen molar-refractivity contribution >= 4 is 5.78 Å². The SMILES string of the molecule is CCC(C(=O)c1ccccc1C(C)C)c1ccccc1. The Balaban J connectivity index is 2.40. The van der Waals surface area contributed by atoms with Crippen molar-refractivity contribution in [3.05, 3.63) is 71.3 Å². The minimum Gasteiger partial charge on any atom is -0.293 e. The van der Waals surface area contributed by atoms with Gasteiger partial charge in [0.15, 0.2) is 5.78 Å². The first-order valence-corrected chi connectivity index (χ1v) is 7.33. The number of carbonyl (C=O) groups is 1. The number of Topliss-reactive ketones (excluding diaryl/α,β-unsaturated/α-hetero) is 1. The molecular formula is C19H22O. The third-order valence-electron chi connectivity index (χ3n) is 3.77. The van der Waals surface area contributed by atoms with Gasteiger partial charge in [-0.2, -0.15) is 0 Å². The molecule has 0 N–H and O–H groups in total. The summed E-state index contributed by atoms with van der Waals surface area (Å²) in [7, 11) is 0. The largest absolute Gasteiger partial charge is 0.293 e. The topological polar surface area (TPSA) is 17.1 Å². The highest BCUT2D eigenvalue weighted by molar-refractivity contribution is 6.02. The molecule has 0 saturated carbocycles. The molecule has 1 unspecified atom stereocenters. The van der Waals surface area contributed by atoms with Crippen molar-refractivity contribution in [2.24, 2.45) is 0 Å². The average molecular weight is 266 g/mol. The van der Waals surface area contributed by atoms with E-state index in [0.717, 1.165) is 23.1 Å². The summed E-state index contributed by atoms with van der Waals surface area (Å²) in [5, 5.41) is 0. The van der Waals surface area contributed by atoms with Crippen LogP contribution >= 0.6 is 0 Å². The molecule has 0 spiro atoms. The van der Waals surface area contributed by atoms with Crippen LogP contribution in [0, 0.1) is 0 Å². The van der Waals surface area contributed by atoms with Gasteiger partial charge in [-0.25, -0.2) is 0 Å². The van der Waals surface area contributed by atoms with E-state index in [-0.39, 0.29) is 11.7 Å². The summed E-state index contributed by atoms with van der Waals surface area (Å²) < 4.78 is 0. The zero-order valence-electron chi connectivity index (χ0n) is 12.5. The fourth-order valence-corrected chi connectivity index (χ4v) is 2.67. The van der Waals surface area contributed by atoms with Gasteiger partial charge in [0.1, 0.15) is 0 Å². The van der Waals surface area contributed by atoms with Crippen LogP contribution in [0.1, 0.15) is 60.5 Å². The summed E-state index contributed by atoms with van der Waals surface area (Å²) in [6, 6.07) is 18.1. The lowest BCUT2D eigenvalue weighted by atomic mass is 9.85. The second-order valence-corrected chi connectivity index (χ2v) is 5.48. The first-order valence-electron chi connectivity index (χ1n) is 7.33. The van der Waals surface area contributed by atoms with Crippen LogP contribution in [0.5, 0.6) is 0 Å². The fourth-order valence-electron chi connectivity index (χ4n) is 2.67. The van der Waals surface area contributed by atoms with Crippen LogP contribution < -0.4 is 0 Å². The van der Waals surface area contributed by atoms with E-state index in [1.54, 1.807) is 0 Å². The van der Waals surface area contributed by atoms with E-state index in [1.807, 2.05) is 48.5 Å². The highest BCUT2D eigenvalue weighted by Gasteiger charge is 2.22. The van der Waals surface area contributed by atoms with Gasteiger partial charge in [0, 0.05) is 11.5 Å². The van der Waals surface area contributed by atoms with Gasteiger partial charge in [0.05, 0.1) is 0 Å². The summed E-state index contributed by atoms with van der Waals surface area (Å²) in [6.45, 7) is 6.35. The predicted molar refractivity (Wildman–Crippen MR) is 84.3 cm³/mol. The molecule has 2 aromatic carbocycles. The maximum absolute atomic E-state index is 12.9. The van der Waals surface area contributed by atoms with E-state index in [1.165, 1.54) is 0 Å². The van der Waals surface area contributed by atoms with Crippen molar-refractivity contribution in [2.75, 3.05) is 0 Å². The molecule has 1 heteroatoms. The molecule has 20 heavy (non-hydrogen) atoms. The molecule has 0 aliphatic rings. The summed E-state index contributed by atoms with van der Waals surface area (Å²) in [6.07, 6.45) is 0.829. The van der Waals surface area contributed by atoms with Crippen LogP contribution in [0.3, 0.4) is 0 Å². The van der Waals surface area contributed by atoms with E-state index >= 15 is 0 Å². The van der Waals surface area contributed by atoms with Crippen molar-refractivity contribution in [1.82, 2.24) is 0 Å². The normalized spacial score (nSPS) is 12.4. The van der Waals surface area contributed by atoms with Crippen LogP contribution in [0.25, 0.3) is 0 Å². The highest BCUT2D eigenvalue weighted by Crippen LogP contribution is 2.28. The van der Waals surface area contributed by atoms with Crippen LogP contribution in [0.2, 0.25) is 0 Å². The highest BCUT2D eigenvalue weighted by atomic mass is 16.1. The van der Waals surface area contributed by atoms with Gasteiger partial charge >= 0.3 is 0 Å². The van der Waals surface area contributed by atoms with Crippen LogP contribution in [0.4, 0.5) is 0 Å². The number of hydrogen-bond acceptors (Lipinski definition) is 1. The molecule has 1 atom stereocenters. The van der Waals surface area contributed by atoms with Crippen molar-refractivity contribution in [3.63, 3.8) is 0 Å². The minimum absolute atomic E-state index is 0.0453.